The summed E-state index contributed by atoms with van der Waals surface area (Å²) in [6, 6.07) is 10.8. The van der Waals surface area contributed by atoms with Crippen molar-refractivity contribution in [3.63, 3.8) is 0 Å². The molecule has 0 aliphatic carbocycles. The number of halogens is 1. The van der Waals surface area contributed by atoms with Crippen molar-refractivity contribution in [2.24, 2.45) is 0 Å². The van der Waals surface area contributed by atoms with Crippen molar-refractivity contribution in [3.8, 4) is 0 Å². The quantitative estimate of drug-likeness (QED) is 0.546. The van der Waals surface area contributed by atoms with Gasteiger partial charge >= 0.3 is 0 Å². The Bertz CT molecular complexity index is 1130. The van der Waals surface area contributed by atoms with Crippen molar-refractivity contribution >= 4 is 15.9 Å². The van der Waals surface area contributed by atoms with E-state index in [0.29, 0.717) is 6.54 Å². The maximum absolute atomic E-state index is 14.2. The van der Waals surface area contributed by atoms with Crippen LogP contribution >= 0.6 is 0 Å². The van der Waals surface area contributed by atoms with Crippen LogP contribution < -0.4 is 5.32 Å². The van der Waals surface area contributed by atoms with Crippen LogP contribution in [0.15, 0.2) is 60.0 Å². The Kier molecular flexibility index (Phi) is 7.13. The third kappa shape index (κ3) is 5.33. The zero-order chi connectivity index (χ0) is 22.4. The van der Waals surface area contributed by atoms with Gasteiger partial charge in [-0.05, 0) is 29.3 Å². The van der Waals surface area contributed by atoms with E-state index in [1.54, 1.807) is 24.9 Å². The lowest BCUT2D eigenvalue weighted by atomic mass is 10.1. The van der Waals surface area contributed by atoms with Crippen LogP contribution in [0.25, 0.3) is 0 Å². The van der Waals surface area contributed by atoms with E-state index < -0.39 is 21.7 Å². The largest absolute Gasteiger partial charge is 0.348 e. The van der Waals surface area contributed by atoms with Gasteiger partial charge in [0, 0.05) is 19.6 Å². The number of aromatic nitrogens is 3. The molecule has 0 unspecified atom stereocenters. The predicted octanol–water partition coefficient (Wildman–Crippen LogP) is 2.43. The maximum atomic E-state index is 14.2. The predicted molar refractivity (Wildman–Crippen MR) is 113 cm³/mol. The molecular formula is C21H24FN5O3S. The Balaban J connectivity index is 1.69. The summed E-state index contributed by atoms with van der Waals surface area (Å²) in [5.41, 5.74) is 1.53. The minimum atomic E-state index is -3.79. The minimum Gasteiger partial charge on any atom is -0.348 e. The number of carbonyl (C=O) groups excluding carboxylic acids is 1. The fraction of sp³-hybridized carbons (Fsp3) is 0.286. The lowest BCUT2D eigenvalue weighted by Crippen LogP contribution is -2.31. The Morgan fingerprint density at radius 3 is 2.39 bits per heavy atom. The number of nitrogens with one attached hydrogen (secondary N) is 1. The third-order valence-corrected chi connectivity index (χ3v) is 6.86. The number of nitrogens with zero attached hydrogens (tertiary/aromatic N) is 4. The molecule has 0 saturated heterocycles. The van der Waals surface area contributed by atoms with Crippen molar-refractivity contribution < 1.29 is 17.6 Å². The SMILES string of the molecule is CCN(CC)S(=O)(=O)c1ccc(F)c(C(=O)NCc2ccc(Cn3cncn3)cc2)c1. The number of amides is 1. The maximum Gasteiger partial charge on any atom is 0.254 e. The molecule has 0 saturated carbocycles. The van der Waals surface area contributed by atoms with Crippen molar-refractivity contribution in [2.75, 3.05) is 13.1 Å². The highest BCUT2D eigenvalue weighted by Gasteiger charge is 2.24. The number of hydrogen-bond donors (Lipinski definition) is 1. The van der Waals surface area contributed by atoms with Crippen molar-refractivity contribution in [2.45, 2.75) is 31.8 Å². The van der Waals surface area contributed by atoms with E-state index in [1.807, 2.05) is 24.3 Å². The second-order valence-electron chi connectivity index (χ2n) is 6.82. The fourth-order valence-electron chi connectivity index (χ4n) is 3.09. The van der Waals surface area contributed by atoms with Gasteiger partial charge in [0.15, 0.2) is 0 Å². The molecule has 0 atom stereocenters. The molecular weight excluding hydrogens is 421 g/mol. The van der Waals surface area contributed by atoms with E-state index >= 15 is 0 Å². The van der Waals surface area contributed by atoms with Gasteiger partial charge in [-0.15, -0.1) is 0 Å². The summed E-state index contributed by atoms with van der Waals surface area (Å²) in [6.45, 7) is 4.75. The van der Waals surface area contributed by atoms with Crippen LogP contribution in [0.1, 0.15) is 35.3 Å². The van der Waals surface area contributed by atoms with Crippen LogP contribution in [0.5, 0.6) is 0 Å². The molecule has 3 aromatic rings. The molecule has 3 rings (SSSR count). The van der Waals surface area contributed by atoms with E-state index in [-0.39, 0.29) is 30.1 Å². The van der Waals surface area contributed by atoms with Gasteiger partial charge in [-0.3, -0.25) is 4.79 Å². The number of benzene rings is 2. The Labute approximate surface area is 180 Å². The van der Waals surface area contributed by atoms with Gasteiger partial charge in [0.2, 0.25) is 10.0 Å². The average Bonchev–Trinajstić information content (AvgIpc) is 3.27. The molecule has 0 spiro atoms. The summed E-state index contributed by atoms with van der Waals surface area (Å²) >= 11 is 0. The van der Waals surface area contributed by atoms with E-state index in [2.05, 4.69) is 15.4 Å². The number of rotatable bonds is 9. The van der Waals surface area contributed by atoms with Gasteiger partial charge in [-0.25, -0.2) is 22.5 Å². The molecule has 0 bridgehead atoms. The molecule has 8 nitrogen and oxygen atoms in total. The standard InChI is InChI=1S/C21H24FN5O3S/c1-3-27(4-2)31(29,30)18-9-10-20(22)19(11-18)21(28)24-12-16-5-7-17(8-6-16)13-26-15-23-14-25-26/h5-11,14-15H,3-4,12-13H2,1-2H3,(H,24,28). The Morgan fingerprint density at radius 2 is 1.77 bits per heavy atom. The van der Waals surface area contributed by atoms with Gasteiger partial charge in [-0.1, -0.05) is 38.1 Å². The van der Waals surface area contributed by atoms with E-state index in [4.69, 9.17) is 0 Å². The number of carbonyl (C=O) groups is 1. The lowest BCUT2D eigenvalue weighted by Gasteiger charge is -2.19. The van der Waals surface area contributed by atoms with Crippen LogP contribution in [0.2, 0.25) is 0 Å². The lowest BCUT2D eigenvalue weighted by molar-refractivity contribution is 0.0946. The summed E-state index contributed by atoms with van der Waals surface area (Å²) in [6.07, 6.45) is 3.09. The second-order valence-corrected chi connectivity index (χ2v) is 8.76. The molecule has 0 aliphatic rings. The first-order chi connectivity index (χ1) is 14.8. The van der Waals surface area contributed by atoms with E-state index in [1.165, 1.54) is 16.7 Å². The van der Waals surface area contributed by atoms with Crippen LogP contribution in [0, 0.1) is 5.82 Å². The molecule has 1 aromatic heterocycles. The van der Waals surface area contributed by atoms with Crippen molar-refractivity contribution in [1.29, 1.82) is 0 Å². The summed E-state index contributed by atoms with van der Waals surface area (Å²) in [5.74, 6) is -1.46. The van der Waals surface area contributed by atoms with Crippen LogP contribution in [0.3, 0.4) is 0 Å². The number of hydrogen-bond acceptors (Lipinski definition) is 5. The van der Waals surface area contributed by atoms with Gasteiger partial charge in [0.25, 0.3) is 5.91 Å². The normalized spacial score (nSPS) is 11.6. The smallest absolute Gasteiger partial charge is 0.254 e. The summed E-state index contributed by atoms with van der Waals surface area (Å²) in [7, 11) is -3.79. The van der Waals surface area contributed by atoms with Crippen LogP contribution in [-0.2, 0) is 23.1 Å². The fourth-order valence-corrected chi connectivity index (χ4v) is 4.58. The summed E-state index contributed by atoms with van der Waals surface area (Å²) in [5, 5.41) is 6.69. The van der Waals surface area contributed by atoms with Crippen molar-refractivity contribution in [1.82, 2.24) is 24.4 Å². The molecule has 0 aliphatic heterocycles. The molecule has 0 radical (unpaired) electrons. The molecule has 0 fully saturated rings. The van der Waals surface area contributed by atoms with Gasteiger partial charge in [0.1, 0.15) is 18.5 Å². The first kappa shape index (κ1) is 22.6. The molecule has 10 heteroatoms. The highest BCUT2D eigenvalue weighted by Crippen LogP contribution is 2.19. The van der Waals surface area contributed by atoms with E-state index in [0.717, 1.165) is 23.3 Å². The molecule has 1 N–H and O–H groups in total. The molecule has 1 heterocycles. The summed E-state index contributed by atoms with van der Waals surface area (Å²) < 4.78 is 42.5. The molecule has 1 amide bonds. The molecule has 2 aromatic carbocycles. The van der Waals surface area contributed by atoms with E-state index in [9.17, 15) is 17.6 Å². The van der Waals surface area contributed by atoms with Crippen LogP contribution in [0.4, 0.5) is 4.39 Å². The second kappa shape index (κ2) is 9.80. The highest BCUT2D eigenvalue weighted by molar-refractivity contribution is 7.89. The average molecular weight is 446 g/mol. The van der Waals surface area contributed by atoms with Crippen molar-refractivity contribution in [3.05, 3.63) is 77.6 Å². The monoisotopic (exact) mass is 445 g/mol. The van der Waals surface area contributed by atoms with Gasteiger partial charge in [-0.2, -0.15) is 9.40 Å². The Hall–Kier alpha value is -3.11. The number of sulfonamides is 1. The zero-order valence-electron chi connectivity index (χ0n) is 17.3. The first-order valence-electron chi connectivity index (χ1n) is 9.83. The highest BCUT2D eigenvalue weighted by atomic mass is 32.2. The Morgan fingerprint density at radius 1 is 1.10 bits per heavy atom. The van der Waals surface area contributed by atoms with Gasteiger partial charge < -0.3 is 5.32 Å². The summed E-state index contributed by atoms with van der Waals surface area (Å²) in [4.78, 5) is 16.3. The molecule has 31 heavy (non-hydrogen) atoms. The van der Waals surface area contributed by atoms with Crippen LogP contribution in [-0.4, -0.2) is 46.5 Å². The first-order valence-corrected chi connectivity index (χ1v) is 11.3. The minimum absolute atomic E-state index is 0.111. The topological polar surface area (TPSA) is 97.2 Å². The van der Waals surface area contributed by atoms with Gasteiger partial charge in [0.05, 0.1) is 17.0 Å². The molecule has 164 valence electrons. The zero-order valence-corrected chi connectivity index (χ0v) is 18.1. The third-order valence-electron chi connectivity index (χ3n) is 4.81.